The number of aryl methyl sites for hydroxylation is 1. The number of benzene rings is 1. The van der Waals surface area contributed by atoms with Gasteiger partial charge in [0.1, 0.15) is 0 Å². The molecule has 0 saturated heterocycles. The summed E-state index contributed by atoms with van der Waals surface area (Å²) in [6.07, 6.45) is 7.71. The third kappa shape index (κ3) is 2.95. The van der Waals surface area contributed by atoms with Crippen LogP contribution in [0.1, 0.15) is 57.9 Å². The summed E-state index contributed by atoms with van der Waals surface area (Å²) < 4.78 is 0. The van der Waals surface area contributed by atoms with Gasteiger partial charge in [-0.1, -0.05) is 57.0 Å². The molecule has 1 atom stereocenters. The molecule has 1 aromatic carbocycles. The molecule has 0 heterocycles. The van der Waals surface area contributed by atoms with E-state index < -0.39 is 5.60 Å². The minimum absolute atomic E-state index is 0.0853. The standard InChI is InChI=1S/C17H26O/c1-16(2)12-6-7-13-17(16,18)14-8-11-15-9-4-3-5-10-15/h3-5,9-10,18H,6-8,11-14H2,1-2H3. The molecule has 1 aliphatic rings. The fourth-order valence-corrected chi connectivity index (χ4v) is 3.25. The Morgan fingerprint density at radius 3 is 2.39 bits per heavy atom. The second kappa shape index (κ2) is 5.44. The lowest BCUT2D eigenvalue weighted by Crippen LogP contribution is -2.47. The Morgan fingerprint density at radius 1 is 1.06 bits per heavy atom. The first kappa shape index (κ1) is 13.6. The maximum Gasteiger partial charge on any atom is 0.0698 e. The van der Waals surface area contributed by atoms with Crippen molar-refractivity contribution in [3.05, 3.63) is 35.9 Å². The van der Waals surface area contributed by atoms with Gasteiger partial charge in [0.05, 0.1) is 5.60 Å². The fourth-order valence-electron chi connectivity index (χ4n) is 3.25. The van der Waals surface area contributed by atoms with Crippen LogP contribution >= 0.6 is 0 Å². The summed E-state index contributed by atoms with van der Waals surface area (Å²) in [5, 5.41) is 10.9. The Bertz CT molecular complexity index is 368. The minimum Gasteiger partial charge on any atom is -0.389 e. The monoisotopic (exact) mass is 246 g/mol. The third-order valence-corrected chi connectivity index (χ3v) is 4.80. The van der Waals surface area contributed by atoms with Crippen molar-refractivity contribution >= 4 is 0 Å². The van der Waals surface area contributed by atoms with Crippen molar-refractivity contribution in [3.8, 4) is 0 Å². The number of aliphatic hydroxyl groups is 1. The Kier molecular flexibility index (Phi) is 4.11. The summed E-state index contributed by atoms with van der Waals surface area (Å²) in [4.78, 5) is 0. The van der Waals surface area contributed by atoms with Gasteiger partial charge in [0.2, 0.25) is 0 Å². The molecule has 0 aliphatic heterocycles. The van der Waals surface area contributed by atoms with E-state index in [0.717, 1.165) is 32.1 Å². The van der Waals surface area contributed by atoms with Crippen LogP contribution in [0.2, 0.25) is 0 Å². The molecule has 18 heavy (non-hydrogen) atoms. The predicted molar refractivity (Wildman–Crippen MR) is 76.6 cm³/mol. The van der Waals surface area contributed by atoms with Gasteiger partial charge in [-0.2, -0.15) is 0 Å². The minimum atomic E-state index is -0.444. The number of rotatable bonds is 4. The van der Waals surface area contributed by atoms with E-state index in [1.165, 1.54) is 18.4 Å². The van der Waals surface area contributed by atoms with E-state index in [1.807, 2.05) is 0 Å². The Hall–Kier alpha value is -0.820. The first-order chi connectivity index (χ1) is 8.54. The van der Waals surface area contributed by atoms with E-state index >= 15 is 0 Å². The SMILES string of the molecule is CC1(C)CCCCC1(O)CCCc1ccccc1. The van der Waals surface area contributed by atoms with E-state index in [2.05, 4.69) is 44.2 Å². The second-order valence-corrected chi connectivity index (χ2v) is 6.46. The van der Waals surface area contributed by atoms with E-state index in [9.17, 15) is 5.11 Å². The quantitative estimate of drug-likeness (QED) is 0.838. The highest BCUT2D eigenvalue weighted by Gasteiger charge is 2.44. The van der Waals surface area contributed by atoms with Crippen molar-refractivity contribution in [1.82, 2.24) is 0 Å². The zero-order valence-corrected chi connectivity index (χ0v) is 11.8. The van der Waals surface area contributed by atoms with E-state index in [4.69, 9.17) is 0 Å². The normalized spacial score (nSPS) is 27.1. The summed E-state index contributed by atoms with van der Waals surface area (Å²) in [5.74, 6) is 0. The van der Waals surface area contributed by atoms with Gasteiger partial charge in [0.25, 0.3) is 0 Å². The van der Waals surface area contributed by atoms with Gasteiger partial charge >= 0.3 is 0 Å². The summed E-state index contributed by atoms with van der Waals surface area (Å²) in [6, 6.07) is 10.6. The van der Waals surface area contributed by atoms with Crippen molar-refractivity contribution in [1.29, 1.82) is 0 Å². The first-order valence-electron chi connectivity index (χ1n) is 7.30. The average Bonchev–Trinajstić information content (AvgIpc) is 2.35. The molecule has 1 nitrogen and oxygen atoms in total. The van der Waals surface area contributed by atoms with Crippen LogP contribution in [0, 0.1) is 5.41 Å². The molecule has 1 aromatic rings. The molecule has 0 radical (unpaired) electrons. The van der Waals surface area contributed by atoms with Gasteiger partial charge in [0, 0.05) is 0 Å². The fraction of sp³-hybridized carbons (Fsp3) is 0.647. The van der Waals surface area contributed by atoms with Gasteiger partial charge in [0.15, 0.2) is 0 Å². The molecule has 1 N–H and O–H groups in total. The molecule has 1 unspecified atom stereocenters. The number of hydrogen-bond donors (Lipinski definition) is 1. The van der Waals surface area contributed by atoms with Crippen molar-refractivity contribution in [2.24, 2.45) is 5.41 Å². The highest BCUT2D eigenvalue weighted by atomic mass is 16.3. The van der Waals surface area contributed by atoms with Gasteiger partial charge in [-0.15, -0.1) is 0 Å². The Morgan fingerprint density at radius 2 is 1.72 bits per heavy atom. The van der Waals surface area contributed by atoms with Gasteiger partial charge < -0.3 is 5.11 Å². The number of hydrogen-bond acceptors (Lipinski definition) is 1. The molecule has 1 fully saturated rings. The van der Waals surface area contributed by atoms with E-state index in [-0.39, 0.29) is 5.41 Å². The molecular formula is C17H26O. The van der Waals surface area contributed by atoms with E-state index in [0.29, 0.717) is 0 Å². The maximum absolute atomic E-state index is 10.9. The van der Waals surface area contributed by atoms with Gasteiger partial charge in [-0.05, 0) is 43.1 Å². The third-order valence-electron chi connectivity index (χ3n) is 4.80. The lowest BCUT2D eigenvalue weighted by Gasteiger charge is -2.46. The Balaban J connectivity index is 1.89. The molecule has 1 aliphatic carbocycles. The molecular weight excluding hydrogens is 220 g/mol. The van der Waals surface area contributed by atoms with Crippen molar-refractivity contribution in [2.75, 3.05) is 0 Å². The summed E-state index contributed by atoms with van der Waals surface area (Å²) in [5.41, 5.74) is 1.02. The first-order valence-corrected chi connectivity index (χ1v) is 7.30. The highest BCUT2D eigenvalue weighted by molar-refractivity contribution is 5.14. The lowest BCUT2D eigenvalue weighted by atomic mass is 9.63. The molecule has 0 bridgehead atoms. The van der Waals surface area contributed by atoms with Crippen LogP contribution in [0.15, 0.2) is 30.3 Å². The van der Waals surface area contributed by atoms with Crippen LogP contribution < -0.4 is 0 Å². The molecule has 1 saturated carbocycles. The summed E-state index contributed by atoms with van der Waals surface area (Å²) in [6.45, 7) is 4.46. The second-order valence-electron chi connectivity index (χ2n) is 6.46. The van der Waals surface area contributed by atoms with Crippen LogP contribution in [0.4, 0.5) is 0 Å². The van der Waals surface area contributed by atoms with Crippen LogP contribution in [-0.4, -0.2) is 10.7 Å². The average molecular weight is 246 g/mol. The van der Waals surface area contributed by atoms with Crippen LogP contribution in [0.3, 0.4) is 0 Å². The maximum atomic E-state index is 10.9. The smallest absolute Gasteiger partial charge is 0.0698 e. The van der Waals surface area contributed by atoms with Gasteiger partial charge in [-0.25, -0.2) is 0 Å². The van der Waals surface area contributed by atoms with Crippen LogP contribution in [0.25, 0.3) is 0 Å². The molecule has 0 aromatic heterocycles. The predicted octanol–water partition coefficient (Wildman–Crippen LogP) is 4.34. The molecule has 100 valence electrons. The van der Waals surface area contributed by atoms with Crippen molar-refractivity contribution in [2.45, 2.75) is 64.4 Å². The van der Waals surface area contributed by atoms with Gasteiger partial charge in [-0.3, -0.25) is 0 Å². The largest absolute Gasteiger partial charge is 0.389 e. The summed E-state index contributed by atoms with van der Waals surface area (Å²) >= 11 is 0. The topological polar surface area (TPSA) is 20.2 Å². The Labute approximate surface area is 111 Å². The molecule has 2 rings (SSSR count). The zero-order valence-electron chi connectivity index (χ0n) is 11.8. The highest BCUT2D eigenvalue weighted by Crippen LogP contribution is 2.46. The van der Waals surface area contributed by atoms with E-state index in [1.54, 1.807) is 0 Å². The molecule has 0 spiro atoms. The lowest BCUT2D eigenvalue weighted by molar-refractivity contribution is -0.103. The van der Waals surface area contributed by atoms with Crippen LogP contribution in [0.5, 0.6) is 0 Å². The zero-order chi connectivity index (χ0) is 13.1. The van der Waals surface area contributed by atoms with Crippen molar-refractivity contribution < 1.29 is 5.11 Å². The molecule has 0 amide bonds. The summed E-state index contributed by atoms with van der Waals surface area (Å²) in [7, 11) is 0. The van der Waals surface area contributed by atoms with Crippen molar-refractivity contribution in [3.63, 3.8) is 0 Å². The van der Waals surface area contributed by atoms with Crippen LogP contribution in [-0.2, 0) is 6.42 Å². The molecule has 1 heteroatoms.